The Morgan fingerprint density at radius 3 is 2.59 bits per heavy atom. The van der Waals surface area contributed by atoms with Crippen LogP contribution in [0, 0.1) is 0 Å². The fourth-order valence-corrected chi connectivity index (χ4v) is 4.60. The Bertz CT molecular complexity index is 1480. The third kappa shape index (κ3) is 4.60. The van der Waals surface area contributed by atoms with E-state index in [0.717, 1.165) is 32.8 Å². The van der Waals surface area contributed by atoms with E-state index in [1.807, 2.05) is 84.4 Å². The molecule has 3 N–H and O–H groups in total. The molecule has 2 heterocycles. The molecule has 168 valence electrons. The van der Waals surface area contributed by atoms with Gasteiger partial charge in [-0.05, 0) is 33.8 Å². The second-order valence-corrected chi connectivity index (χ2v) is 8.82. The third-order valence-corrected chi connectivity index (χ3v) is 6.54. The van der Waals surface area contributed by atoms with Gasteiger partial charge in [0.15, 0.2) is 0 Å². The molecule has 0 saturated heterocycles. The van der Waals surface area contributed by atoms with Crippen LogP contribution in [0.3, 0.4) is 0 Å². The number of H-pyrrole nitrogens is 1. The zero-order valence-electron chi connectivity index (χ0n) is 18.2. The van der Waals surface area contributed by atoms with Gasteiger partial charge in [-0.3, -0.25) is 9.59 Å². The normalized spacial score (nSPS) is 12.2. The maximum atomic E-state index is 13.1. The first-order valence-electron chi connectivity index (χ1n) is 10.9. The molecule has 34 heavy (non-hydrogen) atoms. The van der Waals surface area contributed by atoms with Crippen LogP contribution >= 0.6 is 11.3 Å². The van der Waals surface area contributed by atoms with Crippen LogP contribution < -0.4 is 10.7 Å². The van der Waals surface area contributed by atoms with E-state index < -0.39 is 6.04 Å². The van der Waals surface area contributed by atoms with Gasteiger partial charge in [-0.2, -0.15) is 5.10 Å². The molecule has 0 bridgehead atoms. The molecule has 7 heteroatoms. The molecule has 3 aromatic carbocycles. The fraction of sp³-hybridized carbons (Fsp3) is 0.0741. The van der Waals surface area contributed by atoms with Gasteiger partial charge >= 0.3 is 0 Å². The van der Waals surface area contributed by atoms with Crippen LogP contribution in [0.1, 0.15) is 20.8 Å². The number of hydrogen-bond acceptors (Lipinski definition) is 4. The SMILES string of the molecule is O=C(N[C@@H](Cc1c[nH]c2ccccc12)C(=O)N/N=C\c1cccc2ccccc12)c1cccs1. The molecular weight excluding hydrogens is 444 g/mol. The van der Waals surface area contributed by atoms with E-state index in [0.29, 0.717) is 11.3 Å². The third-order valence-electron chi connectivity index (χ3n) is 5.67. The summed E-state index contributed by atoms with van der Waals surface area (Å²) in [5.74, 6) is -0.667. The van der Waals surface area contributed by atoms with E-state index in [2.05, 4.69) is 20.8 Å². The van der Waals surface area contributed by atoms with Crippen molar-refractivity contribution in [3.05, 3.63) is 106 Å². The lowest BCUT2D eigenvalue weighted by atomic mass is 10.0. The second kappa shape index (κ2) is 9.72. The Kier molecular flexibility index (Phi) is 6.18. The molecule has 2 amide bonds. The number of benzene rings is 3. The number of amides is 2. The number of para-hydroxylation sites is 1. The van der Waals surface area contributed by atoms with Gasteiger partial charge in [-0.15, -0.1) is 11.3 Å². The Hall–Kier alpha value is -4.23. The molecule has 0 spiro atoms. The number of nitrogens with one attached hydrogen (secondary N) is 3. The molecule has 2 aromatic heterocycles. The number of nitrogens with zero attached hydrogens (tertiary/aromatic N) is 1. The Balaban J connectivity index is 1.36. The van der Waals surface area contributed by atoms with Gasteiger partial charge < -0.3 is 10.3 Å². The smallest absolute Gasteiger partial charge is 0.262 e. The van der Waals surface area contributed by atoms with Crippen LogP contribution in [0.4, 0.5) is 0 Å². The summed E-state index contributed by atoms with van der Waals surface area (Å²) in [7, 11) is 0. The highest BCUT2D eigenvalue weighted by Gasteiger charge is 2.23. The highest BCUT2D eigenvalue weighted by molar-refractivity contribution is 7.12. The summed E-state index contributed by atoms with van der Waals surface area (Å²) in [5, 5.41) is 12.1. The van der Waals surface area contributed by atoms with Crippen LogP contribution in [-0.4, -0.2) is 29.1 Å². The van der Waals surface area contributed by atoms with Gasteiger partial charge in [-0.25, -0.2) is 5.43 Å². The van der Waals surface area contributed by atoms with E-state index >= 15 is 0 Å². The predicted octanol–water partition coefficient (Wildman–Crippen LogP) is 4.87. The highest BCUT2D eigenvalue weighted by atomic mass is 32.1. The molecule has 0 unspecified atom stereocenters. The number of fused-ring (bicyclic) bond motifs is 2. The number of rotatable bonds is 7. The molecule has 0 aliphatic carbocycles. The number of thiophene rings is 1. The molecule has 1 atom stereocenters. The van der Waals surface area contributed by atoms with Crippen LogP contribution in [0.2, 0.25) is 0 Å². The lowest BCUT2D eigenvalue weighted by Gasteiger charge is -2.16. The van der Waals surface area contributed by atoms with E-state index in [4.69, 9.17) is 0 Å². The average Bonchev–Trinajstić information content (AvgIpc) is 3.54. The van der Waals surface area contributed by atoms with Crippen molar-refractivity contribution in [3.63, 3.8) is 0 Å². The molecule has 5 rings (SSSR count). The molecule has 0 aliphatic rings. The summed E-state index contributed by atoms with van der Waals surface area (Å²) in [4.78, 5) is 29.6. The number of hydrogen-bond donors (Lipinski definition) is 3. The Morgan fingerprint density at radius 2 is 1.74 bits per heavy atom. The van der Waals surface area contributed by atoms with Gasteiger partial charge in [0, 0.05) is 29.1 Å². The summed E-state index contributed by atoms with van der Waals surface area (Å²) in [6, 6.07) is 24.5. The standard InChI is InChI=1S/C27H22N4O2S/c32-26(31-29-17-19-9-5-8-18-7-1-2-10-21(18)19)24(30-27(33)25-13-6-14-34-25)15-20-16-28-23-12-4-3-11-22(20)23/h1-14,16-17,24,28H,15H2,(H,30,33)(H,31,32)/b29-17-/t24-/m0/s1. The van der Waals surface area contributed by atoms with Crippen molar-refractivity contribution in [2.45, 2.75) is 12.5 Å². The number of aromatic amines is 1. The summed E-state index contributed by atoms with van der Waals surface area (Å²) in [5.41, 5.74) is 5.44. The lowest BCUT2D eigenvalue weighted by Crippen LogP contribution is -2.46. The van der Waals surface area contributed by atoms with Gasteiger partial charge in [0.1, 0.15) is 6.04 Å². The first-order valence-corrected chi connectivity index (χ1v) is 11.8. The highest BCUT2D eigenvalue weighted by Crippen LogP contribution is 2.20. The minimum Gasteiger partial charge on any atom is -0.361 e. The molecule has 0 radical (unpaired) electrons. The quantitative estimate of drug-likeness (QED) is 0.236. The van der Waals surface area contributed by atoms with Crippen LogP contribution in [0.15, 0.2) is 95.5 Å². The first kappa shape index (κ1) is 21.6. The van der Waals surface area contributed by atoms with Gasteiger partial charge in [0.2, 0.25) is 0 Å². The van der Waals surface area contributed by atoms with Crippen LogP contribution in [0.5, 0.6) is 0 Å². The molecule has 5 aromatic rings. The lowest BCUT2D eigenvalue weighted by molar-refractivity contribution is -0.122. The van der Waals surface area contributed by atoms with Crippen molar-refractivity contribution in [1.29, 1.82) is 0 Å². The van der Waals surface area contributed by atoms with Crippen LogP contribution in [-0.2, 0) is 11.2 Å². The van der Waals surface area contributed by atoms with E-state index in [-0.39, 0.29) is 11.8 Å². The predicted molar refractivity (Wildman–Crippen MR) is 137 cm³/mol. The fourth-order valence-electron chi connectivity index (χ4n) is 3.97. The maximum absolute atomic E-state index is 13.1. The van der Waals surface area contributed by atoms with Crippen molar-refractivity contribution < 1.29 is 9.59 Å². The largest absolute Gasteiger partial charge is 0.361 e. The van der Waals surface area contributed by atoms with E-state index in [1.54, 1.807) is 12.3 Å². The van der Waals surface area contributed by atoms with Crippen LogP contribution in [0.25, 0.3) is 21.7 Å². The maximum Gasteiger partial charge on any atom is 0.262 e. The zero-order chi connectivity index (χ0) is 23.3. The zero-order valence-corrected chi connectivity index (χ0v) is 19.0. The number of carbonyl (C=O) groups is 2. The summed E-state index contributed by atoms with van der Waals surface area (Å²) >= 11 is 1.33. The number of hydrazone groups is 1. The Morgan fingerprint density at radius 1 is 0.941 bits per heavy atom. The summed E-state index contributed by atoms with van der Waals surface area (Å²) in [6.45, 7) is 0. The van der Waals surface area contributed by atoms with Gasteiger partial charge in [0.25, 0.3) is 11.8 Å². The van der Waals surface area contributed by atoms with Crippen molar-refractivity contribution in [3.8, 4) is 0 Å². The van der Waals surface area contributed by atoms with Crippen molar-refractivity contribution in [1.82, 2.24) is 15.7 Å². The minimum atomic E-state index is -0.793. The molecular formula is C27H22N4O2S. The van der Waals surface area contributed by atoms with Crippen molar-refractivity contribution in [2.75, 3.05) is 0 Å². The molecule has 6 nitrogen and oxygen atoms in total. The Labute approximate surface area is 200 Å². The first-order chi connectivity index (χ1) is 16.7. The van der Waals surface area contributed by atoms with Crippen molar-refractivity contribution in [2.24, 2.45) is 5.10 Å². The minimum absolute atomic E-state index is 0.284. The molecule has 0 saturated carbocycles. The topological polar surface area (TPSA) is 86.3 Å². The van der Waals surface area contributed by atoms with Crippen molar-refractivity contribution >= 4 is 51.0 Å². The number of carbonyl (C=O) groups excluding carboxylic acids is 2. The van der Waals surface area contributed by atoms with Gasteiger partial charge in [0.05, 0.1) is 11.1 Å². The average molecular weight is 467 g/mol. The molecule has 0 fully saturated rings. The van der Waals surface area contributed by atoms with E-state index in [1.165, 1.54) is 11.3 Å². The number of aromatic nitrogens is 1. The van der Waals surface area contributed by atoms with E-state index in [9.17, 15) is 9.59 Å². The monoisotopic (exact) mass is 466 g/mol. The van der Waals surface area contributed by atoms with Gasteiger partial charge in [-0.1, -0.05) is 66.7 Å². The summed E-state index contributed by atoms with van der Waals surface area (Å²) < 4.78 is 0. The second-order valence-electron chi connectivity index (χ2n) is 7.87. The summed E-state index contributed by atoms with van der Waals surface area (Å²) in [6.07, 6.45) is 3.84. The molecule has 0 aliphatic heterocycles.